The van der Waals surface area contributed by atoms with Gasteiger partial charge in [-0.2, -0.15) is 10.4 Å². The second-order valence-electron chi connectivity index (χ2n) is 7.90. The number of H-pyrrole nitrogens is 1. The van der Waals surface area contributed by atoms with E-state index < -0.39 is 23.4 Å². The van der Waals surface area contributed by atoms with Crippen molar-refractivity contribution in [1.82, 2.24) is 10.2 Å². The highest BCUT2D eigenvalue weighted by Crippen LogP contribution is 2.39. The molecule has 1 amide bonds. The third-order valence-electron chi connectivity index (χ3n) is 5.79. The van der Waals surface area contributed by atoms with Gasteiger partial charge in [0.05, 0.1) is 11.8 Å². The Bertz CT molecular complexity index is 1470. The molecule has 2 N–H and O–H groups in total. The third-order valence-corrected chi connectivity index (χ3v) is 5.79. The van der Waals surface area contributed by atoms with Gasteiger partial charge in [-0.25, -0.2) is 8.78 Å². The van der Waals surface area contributed by atoms with Crippen molar-refractivity contribution in [2.45, 2.75) is 6.42 Å². The number of hydrogen-bond donors (Lipinski definition) is 2. The van der Waals surface area contributed by atoms with Crippen LogP contribution in [0.2, 0.25) is 0 Å². The van der Waals surface area contributed by atoms with Crippen molar-refractivity contribution >= 4 is 17.4 Å². The number of hydrogen-bond acceptors (Lipinski definition) is 4. The summed E-state index contributed by atoms with van der Waals surface area (Å²) in [4.78, 5) is 25.7. The molecule has 6 nitrogen and oxygen atoms in total. The average Bonchev–Trinajstić information content (AvgIpc) is 3.40. The Kier molecular flexibility index (Phi) is 5.22. The molecule has 3 aromatic carbocycles. The van der Waals surface area contributed by atoms with E-state index in [4.69, 9.17) is 0 Å². The van der Waals surface area contributed by atoms with Crippen molar-refractivity contribution < 1.29 is 18.4 Å². The van der Waals surface area contributed by atoms with Gasteiger partial charge in [-0.15, -0.1) is 0 Å². The van der Waals surface area contributed by atoms with Crippen LogP contribution in [0.1, 0.15) is 21.6 Å². The number of halogens is 2. The Labute approximate surface area is 192 Å². The standard InChI is InChI=1S/C26H16F2N4O2/c27-17-4-1-14(2-5-17)15-3-10-20-16(11-15)12-21-23(20)31-32-24(21)25(33)22(13-29)26(34)30-19-8-6-18(28)7-9-19/h1-11,22H,12H2,(H,30,34)(H,31,32). The van der Waals surface area contributed by atoms with Crippen LogP contribution in [-0.2, 0) is 11.2 Å². The number of Topliss-reactive ketones (excluding diaryl/α,β-unsaturated/α-hetero) is 1. The minimum Gasteiger partial charge on any atom is -0.325 e. The van der Waals surface area contributed by atoms with Gasteiger partial charge in [0, 0.05) is 23.2 Å². The summed E-state index contributed by atoms with van der Waals surface area (Å²) in [6.07, 6.45) is 0.398. The summed E-state index contributed by atoms with van der Waals surface area (Å²) in [5, 5.41) is 19.0. The predicted octanol–water partition coefficient (Wildman–Crippen LogP) is 4.89. The zero-order valence-corrected chi connectivity index (χ0v) is 17.6. The molecule has 1 aromatic heterocycles. The Morgan fingerprint density at radius 1 is 0.971 bits per heavy atom. The molecule has 0 bridgehead atoms. The fourth-order valence-electron chi connectivity index (χ4n) is 4.08. The van der Waals surface area contributed by atoms with Crippen LogP contribution >= 0.6 is 0 Å². The van der Waals surface area contributed by atoms with Crippen LogP contribution in [-0.4, -0.2) is 21.9 Å². The van der Waals surface area contributed by atoms with Gasteiger partial charge in [0.1, 0.15) is 17.3 Å². The monoisotopic (exact) mass is 454 g/mol. The molecule has 1 atom stereocenters. The van der Waals surface area contributed by atoms with Gasteiger partial charge in [-0.1, -0.05) is 30.3 Å². The Morgan fingerprint density at radius 3 is 2.29 bits per heavy atom. The molecule has 1 heterocycles. The maximum absolute atomic E-state index is 13.3. The normalized spacial score (nSPS) is 12.4. The topological polar surface area (TPSA) is 98.6 Å². The lowest BCUT2D eigenvalue weighted by molar-refractivity contribution is -0.117. The highest BCUT2D eigenvalue weighted by atomic mass is 19.1. The molecule has 8 heteroatoms. The fourth-order valence-corrected chi connectivity index (χ4v) is 4.08. The number of amides is 1. The zero-order chi connectivity index (χ0) is 23.8. The number of rotatable bonds is 5. The number of ketones is 1. The first-order valence-electron chi connectivity index (χ1n) is 10.4. The predicted molar refractivity (Wildman–Crippen MR) is 121 cm³/mol. The van der Waals surface area contributed by atoms with E-state index in [0.717, 1.165) is 34.4 Å². The van der Waals surface area contributed by atoms with Crippen molar-refractivity contribution in [3.63, 3.8) is 0 Å². The molecule has 0 saturated heterocycles. The van der Waals surface area contributed by atoms with E-state index in [1.807, 2.05) is 18.2 Å². The number of aromatic nitrogens is 2. The number of fused-ring (bicyclic) bond motifs is 3. The van der Waals surface area contributed by atoms with E-state index in [-0.39, 0.29) is 17.2 Å². The lowest BCUT2D eigenvalue weighted by atomic mass is 9.98. The molecule has 5 rings (SSSR count). The molecule has 1 aliphatic carbocycles. The van der Waals surface area contributed by atoms with E-state index in [0.29, 0.717) is 17.7 Å². The van der Waals surface area contributed by atoms with Crippen molar-refractivity contribution in [3.05, 3.63) is 95.2 Å². The number of nitrogens with zero attached hydrogens (tertiary/aromatic N) is 2. The molecule has 0 saturated carbocycles. The van der Waals surface area contributed by atoms with Crippen LogP contribution in [0.25, 0.3) is 22.4 Å². The van der Waals surface area contributed by atoms with E-state index >= 15 is 0 Å². The molecular formula is C26H16F2N4O2. The second-order valence-corrected chi connectivity index (χ2v) is 7.90. The van der Waals surface area contributed by atoms with Gasteiger partial charge in [0.15, 0.2) is 5.92 Å². The third kappa shape index (κ3) is 3.73. The summed E-state index contributed by atoms with van der Waals surface area (Å²) in [5.41, 5.74) is 5.17. The van der Waals surface area contributed by atoms with Crippen molar-refractivity contribution in [2.24, 2.45) is 5.92 Å². The van der Waals surface area contributed by atoms with Gasteiger partial charge < -0.3 is 5.32 Å². The summed E-state index contributed by atoms with van der Waals surface area (Å²) < 4.78 is 26.4. The summed E-state index contributed by atoms with van der Waals surface area (Å²) >= 11 is 0. The average molecular weight is 454 g/mol. The van der Waals surface area contributed by atoms with E-state index in [9.17, 15) is 23.6 Å². The quantitative estimate of drug-likeness (QED) is 0.292. The van der Waals surface area contributed by atoms with Gasteiger partial charge >= 0.3 is 0 Å². The van der Waals surface area contributed by atoms with Gasteiger partial charge in [0.2, 0.25) is 11.7 Å². The zero-order valence-electron chi connectivity index (χ0n) is 17.6. The molecule has 0 spiro atoms. The molecule has 0 aliphatic heterocycles. The number of nitrogens with one attached hydrogen (secondary N) is 2. The van der Waals surface area contributed by atoms with Crippen LogP contribution in [0.5, 0.6) is 0 Å². The Hall–Kier alpha value is -4.64. The highest BCUT2D eigenvalue weighted by Gasteiger charge is 2.34. The molecule has 0 fully saturated rings. The molecule has 4 aromatic rings. The summed E-state index contributed by atoms with van der Waals surface area (Å²) in [6.45, 7) is 0. The number of carbonyl (C=O) groups is 2. The fraction of sp³-hybridized carbons (Fsp3) is 0.0769. The van der Waals surface area contributed by atoms with E-state index in [1.54, 1.807) is 18.2 Å². The molecule has 1 aliphatic rings. The summed E-state index contributed by atoms with van der Waals surface area (Å²) in [7, 11) is 0. The largest absolute Gasteiger partial charge is 0.325 e. The molecule has 1 unspecified atom stereocenters. The van der Waals surface area contributed by atoms with E-state index in [2.05, 4.69) is 15.5 Å². The molecular weight excluding hydrogens is 438 g/mol. The number of nitriles is 1. The minimum absolute atomic E-state index is 0.0374. The highest BCUT2D eigenvalue weighted by molar-refractivity contribution is 6.16. The smallest absolute Gasteiger partial charge is 0.249 e. The van der Waals surface area contributed by atoms with Crippen molar-refractivity contribution in [3.8, 4) is 28.5 Å². The number of anilines is 1. The Morgan fingerprint density at radius 2 is 1.62 bits per heavy atom. The van der Waals surface area contributed by atoms with Crippen LogP contribution in [0, 0.1) is 28.9 Å². The minimum atomic E-state index is -1.61. The first kappa shape index (κ1) is 21.2. The molecule has 166 valence electrons. The van der Waals surface area contributed by atoms with Crippen molar-refractivity contribution in [2.75, 3.05) is 5.32 Å². The first-order valence-corrected chi connectivity index (χ1v) is 10.4. The molecule has 0 radical (unpaired) electrons. The van der Waals surface area contributed by atoms with Gasteiger partial charge in [0.25, 0.3) is 0 Å². The lowest BCUT2D eigenvalue weighted by Crippen LogP contribution is -2.29. The van der Waals surface area contributed by atoms with Crippen molar-refractivity contribution in [1.29, 1.82) is 5.26 Å². The number of benzene rings is 3. The van der Waals surface area contributed by atoms with Crippen LogP contribution in [0.15, 0.2) is 66.7 Å². The van der Waals surface area contributed by atoms with Gasteiger partial charge in [-0.05, 0) is 53.1 Å². The van der Waals surface area contributed by atoms with E-state index in [1.165, 1.54) is 24.3 Å². The summed E-state index contributed by atoms with van der Waals surface area (Å²) in [5.74, 6) is -3.93. The summed E-state index contributed by atoms with van der Waals surface area (Å²) in [6, 6.07) is 18.7. The van der Waals surface area contributed by atoms with Crippen LogP contribution in [0.4, 0.5) is 14.5 Å². The van der Waals surface area contributed by atoms with Crippen LogP contribution < -0.4 is 5.32 Å². The molecule has 34 heavy (non-hydrogen) atoms. The maximum atomic E-state index is 13.3. The number of carbonyl (C=O) groups excluding carboxylic acids is 2. The first-order chi connectivity index (χ1) is 16.4. The second kappa shape index (κ2) is 8.37. The van der Waals surface area contributed by atoms with Crippen LogP contribution in [0.3, 0.4) is 0 Å². The van der Waals surface area contributed by atoms with Gasteiger partial charge in [-0.3, -0.25) is 14.7 Å². The Balaban J connectivity index is 1.39. The number of aromatic amines is 1. The maximum Gasteiger partial charge on any atom is 0.249 e. The SMILES string of the molecule is N#CC(C(=O)Nc1ccc(F)cc1)C(=O)c1n[nH]c2c1Cc1cc(-c3ccc(F)cc3)ccc1-2. The lowest BCUT2D eigenvalue weighted by Gasteiger charge is -2.09.